The van der Waals surface area contributed by atoms with Crippen molar-refractivity contribution in [1.29, 1.82) is 0 Å². The highest BCUT2D eigenvalue weighted by Crippen LogP contribution is 2.61. The Morgan fingerprint density at radius 1 is 1.38 bits per heavy atom. The second-order valence-electron chi connectivity index (χ2n) is 6.52. The van der Waals surface area contributed by atoms with Crippen molar-refractivity contribution in [3.63, 3.8) is 0 Å². The molecule has 2 bridgehead atoms. The molecule has 0 unspecified atom stereocenters. The fourth-order valence-corrected chi connectivity index (χ4v) is 4.79. The maximum Gasteiger partial charge on any atom is 0.146 e. The van der Waals surface area contributed by atoms with Gasteiger partial charge in [0.1, 0.15) is 5.78 Å². The summed E-state index contributed by atoms with van der Waals surface area (Å²) in [6.45, 7) is 4.52. The molecule has 0 aromatic rings. The van der Waals surface area contributed by atoms with Gasteiger partial charge in [0.15, 0.2) is 0 Å². The van der Waals surface area contributed by atoms with Crippen LogP contribution in [0.25, 0.3) is 0 Å². The topological polar surface area (TPSA) is 17.1 Å². The second kappa shape index (κ2) is 3.21. The average molecular weight is 218 g/mol. The number of hydrogen-bond donors (Lipinski definition) is 0. The van der Waals surface area contributed by atoms with Crippen LogP contribution in [0.1, 0.15) is 52.4 Å². The molecule has 88 valence electrons. The van der Waals surface area contributed by atoms with Gasteiger partial charge in [0.2, 0.25) is 0 Å². The van der Waals surface area contributed by atoms with Crippen LogP contribution in [0.2, 0.25) is 0 Å². The van der Waals surface area contributed by atoms with Crippen molar-refractivity contribution >= 4 is 5.78 Å². The number of carbonyl (C=O) groups is 1. The molecule has 0 radical (unpaired) electrons. The Morgan fingerprint density at radius 3 is 3.00 bits per heavy atom. The molecule has 0 aromatic carbocycles. The van der Waals surface area contributed by atoms with Crippen molar-refractivity contribution < 1.29 is 4.79 Å². The molecular formula is C15H22O. The second-order valence-corrected chi connectivity index (χ2v) is 6.52. The lowest BCUT2D eigenvalue weighted by molar-refractivity contribution is -0.137. The third kappa shape index (κ3) is 1.10. The molecule has 3 aliphatic rings. The molecule has 0 N–H and O–H groups in total. The zero-order valence-electron chi connectivity index (χ0n) is 10.5. The summed E-state index contributed by atoms with van der Waals surface area (Å²) in [7, 11) is 0. The van der Waals surface area contributed by atoms with Crippen molar-refractivity contribution in [3.05, 3.63) is 12.2 Å². The number of rotatable bonds is 0. The largest absolute Gasteiger partial charge is 0.298 e. The number of Topliss-reactive ketones (excluding diaryl/α,β-unsaturated/α-hetero) is 1. The van der Waals surface area contributed by atoms with E-state index in [4.69, 9.17) is 0 Å². The molecule has 0 aromatic heterocycles. The van der Waals surface area contributed by atoms with E-state index < -0.39 is 0 Å². The van der Waals surface area contributed by atoms with E-state index in [0.717, 1.165) is 19.3 Å². The van der Waals surface area contributed by atoms with Gasteiger partial charge >= 0.3 is 0 Å². The summed E-state index contributed by atoms with van der Waals surface area (Å²) >= 11 is 0. The molecule has 1 heteroatoms. The summed E-state index contributed by atoms with van der Waals surface area (Å²) in [5.74, 6) is 1.75. The Kier molecular flexibility index (Phi) is 2.12. The summed E-state index contributed by atoms with van der Waals surface area (Å²) < 4.78 is 0. The fraction of sp³-hybridized carbons (Fsp3) is 0.800. The summed E-state index contributed by atoms with van der Waals surface area (Å²) in [5, 5.41) is 0. The predicted octanol–water partition coefficient (Wildman–Crippen LogP) is 3.74. The minimum absolute atomic E-state index is 0.0278. The Morgan fingerprint density at radius 2 is 2.19 bits per heavy atom. The standard InChI is InChI=1S/C15H22O/c1-11-10-14(2)8-5-7-12-6-3-4-9-15(11,12)13(14)16/h5,7,11-12H,3-4,6,8-10H2,1-2H3/t11-,12-,14-,15-/m0/s1. The molecule has 1 spiro atoms. The van der Waals surface area contributed by atoms with Crippen molar-refractivity contribution in [2.45, 2.75) is 52.4 Å². The lowest BCUT2D eigenvalue weighted by Gasteiger charge is -2.42. The van der Waals surface area contributed by atoms with Crippen LogP contribution < -0.4 is 0 Å². The van der Waals surface area contributed by atoms with E-state index in [1.165, 1.54) is 19.3 Å². The number of allylic oxidation sites excluding steroid dienone is 2. The highest BCUT2D eigenvalue weighted by atomic mass is 16.1. The van der Waals surface area contributed by atoms with Crippen molar-refractivity contribution in [3.8, 4) is 0 Å². The zero-order valence-corrected chi connectivity index (χ0v) is 10.5. The maximum atomic E-state index is 12.9. The molecule has 0 saturated heterocycles. The summed E-state index contributed by atoms with van der Waals surface area (Å²) in [6.07, 6.45) is 11.7. The van der Waals surface area contributed by atoms with Crippen molar-refractivity contribution in [2.75, 3.05) is 0 Å². The van der Waals surface area contributed by atoms with Crippen molar-refractivity contribution in [1.82, 2.24) is 0 Å². The third-order valence-electron chi connectivity index (χ3n) is 5.56. The van der Waals surface area contributed by atoms with Gasteiger partial charge in [-0.1, -0.05) is 38.8 Å². The minimum Gasteiger partial charge on any atom is -0.298 e. The number of hydrogen-bond acceptors (Lipinski definition) is 1. The van der Waals surface area contributed by atoms with Crippen LogP contribution in [0.3, 0.4) is 0 Å². The molecule has 0 heterocycles. The molecule has 2 fully saturated rings. The fourth-order valence-electron chi connectivity index (χ4n) is 4.79. The monoisotopic (exact) mass is 218 g/mol. The van der Waals surface area contributed by atoms with Crippen LogP contribution in [-0.2, 0) is 4.79 Å². The third-order valence-corrected chi connectivity index (χ3v) is 5.56. The molecule has 16 heavy (non-hydrogen) atoms. The van der Waals surface area contributed by atoms with Gasteiger partial charge in [0, 0.05) is 10.8 Å². The van der Waals surface area contributed by atoms with Crippen molar-refractivity contribution in [2.24, 2.45) is 22.7 Å². The Labute approximate surface area is 98.3 Å². The van der Waals surface area contributed by atoms with Gasteiger partial charge in [0.25, 0.3) is 0 Å². The Hall–Kier alpha value is -0.590. The number of ketones is 1. The van der Waals surface area contributed by atoms with Gasteiger partial charge in [-0.25, -0.2) is 0 Å². The normalized spacial score (nSPS) is 51.2. The van der Waals surface area contributed by atoms with E-state index in [-0.39, 0.29) is 10.8 Å². The van der Waals surface area contributed by atoms with E-state index in [9.17, 15) is 4.79 Å². The van der Waals surface area contributed by atoms with Gasteiger partial charge in [-0.05, 0) is 37.5 Å². The molecule has 3 rings (SSSR count). The van der Waals surface area contributed by atoms with Gasteiger partial charge in [-0.3, -0.25) is 4.79 Å². The smallest absolute Gasteiger partial charge is 0.146 e. The van der Waals surface area contributed by atoms with Crippen LogP contribution in [0, 0.1) is 22.7 Å². The van der Waals surface area contributed by atoms with Crippen LogP contribution in [-0.4, -0.2) is 5.78 Å². The number of fused-ring (bicyclic) bond motifs is 1. The van der Waals surface area contributed by atoms with Gasteiger partial charge in [0.05, 0.1) is 0 Å². The molecule has 0 amide bonds. The molecule has 3 aliphatic carbocycles. The average Bonchev–Trinajstić information content (AvgIpc) is 2.38. The highest BCUT2D eigenvalue weighted by Gasteiger charge is 2.61. The first-order valence-corrected chi connectivity index (χ1v) is 6.81. The van der Waals surface area contributed by atoms with E-state index >= 15 is 0 Å². The lowest BCUT2D eigenvalue weighted by Crippen LogP contribution is -2.42. The molecule has 1 nitrogen and oxygen atoms in total. The van der Waals surface area contributed by atoms with E-state index in [2.05, 4.69) is 26.0 Å². The first-order chi connectivity index (χ1) is 7.59. The van der Waals surface area contributed by atoms with E-state index in [1.54, 1.807) is 0 Å². The molecular weight excluding hydrogens is 196 g/mol. The van der Waals surface area contributed by atoms with Gasteiger partial charge in [-0.2, -0.15) is 0 Å². The van der Waals surface area contributed by atoms with Crippen LogP contribution in [0.4, 0.5) is 0 Å². The SMILES string of the molecule is C[C@H]1C[C@]2(C)CC=C[C@@H]3CCCC[C@@]31C2=O. The predicted molar refractivity (Wildman–Crippen MR) is 65.0 cm³/mol. The summed E-state index contributed by atoms with van der Waals surface area (Å²) in [6, 6.07) is 0. The highest BCUT2D eigenvalue weighted by molar-refractivity contribution is 5.93. The Balaban J connectivity index is 2.12. The van der Waals surface area contributed by atoms with Gasteiger partial charge < -0.3 is 0 Å². The van der Waals surface area contributed by atoms with E-state index in [1.807, 2.05) is 0 Å². The minimum atomic E-state index is -0.0397. The van der Waals surface area contributed by atoms with E-state index in [0.29, 0.717) is 17.6 Å². The first kappa shape index (κ1) is 10.6. The van der Waals surface area contributed by atoms with Crippen LogP contribution >= 0.6 is 0 Å². The van der Waals surface area contributed by atoms with Crippen LogP contribution in [0.15, 0.2) is 12.2 Å². The van der Waals surface area contributed by atoms with Gasteiger partial charge in [-0.15, -0.1) is 0 Å². The quantitative estimate of drug-likeness (QED) is 0.566. The lowest BCUT2D eigenvalue weighted by atomic mass is 9.60. The number of carbonyl (C=O) groups excluding carboxylic acids is 1. The summed E-state index contributed by atoms with van der Waals surface area (Å²) in [4.78, 5) is 12.9. The zero-order chi connectivity index (χ0) is 11.4. The summed E-state index contributed by atoms with van der Waals surface area (Å²) in [5.41, 5.74) is -0.0119. The Bertz CT molecular complexity index is 356. The molecule has 2 saturated carbocycles. The first-order valence-electron chi connectivity index (χ1n) is 6.81. The van der Waals surface area contributed by atoms with Crippen LogP contribution in [0.5, 0.6) is 0 Å². The maximum absolute atomic E-state index is 12.9. The molecule has 4 atom stereocenters. The molecule has 0 aliphatic heterocycles.